The van der Waals surface area contributed by atoms with E-state index in [0.717, 1.165) is 37.8 Å². The first-order chi connectivity index (χ1) is 18.7. The third-order valence-corrected chi connectivity index (χ3v) is 6.99. The van der Waals surface area contributed by atoms with Crippen molar-refractivity contribution in [2.24, 2.45) is 5.92 Å². The molecule has 1 aliphatic carbocycles. The van der Waals surface area contributed by atoms with Crippen molar-refractivity contribution in [3.8, 4) is 11.5 Å². The summed E-state index contributed by atoms with van der Waals surface area (Å²) >= 11 is 0. The third-order valence-electron chi connectivity index (χ3n) is 6.99. The van der Waals surface area contributed by atoms with Gasteiger partial charge < -0.3 is 19.8 Å². The first-order valence-corrected chi connectivity index (χ1v) is 12.8. The highest BCUT2D eigenvalue weighted by Crippen LogP contribution is 2.34. The molecule has 0 amide bonds. The molecular weight excluding hydrogens is 509 g/mol. The summed E-state index contributed by atoms with van der Waals surface area (Å²) in [6.45, 7) is 1.63. The van der Waals surface area contributed by atoms with E-state index in [2.05, 4.69) is 20.3 Å². The number of rotatable bonds is 8. The highest BCUT2D eigenvalue weighted by Gasteiger charge is 2.30. The average Bonchev–Trinajstić information content (AvgIpc) is 3.35. The highest BCUT2D eigenvalue weighted by molar-refractivity contribution is 6.18. The molecule has 0 spiro atoms. The lowest BCUT2D eigenvalue weighted by atomic mass is 9.83. The van der Waals surface area contributed by atoms with Crippen molar-refractivity contribution in [3.63, 3.8) is 0 Å². The second kappa shape index (κ2) is 10.9. The van der Waals surface area contributed by atoms with Crippen molar-refractivity contribution in [2.45, 2.75) is 51.2 Å². The number of Topliss-reactive ketones (excluding diaryl/α,β-unsaturated/α-hetero) is 1. The van der Waals surface area contributed by atoms with Gasteiger partial charge in [-0.05, 0) is 81.0 Å². The molecule has 0 bridgehead atoms. The highest BCUT2D eigenvalue weighted by atomic mass is 19.4. The van der Waals surface area contributed by atoms with Crippen LogP contribution in [0.1, 0.15) is 60.5 Å². The maximum atomic E-state index is 13.4. The van der Waals surface area contributed by atoms with Crippen molar-refractivity contribution in [1.82, 2.24) is 15.0 Å². The standard InChI is InChI=1S/C29H27F3N4O3/c1-17(37)13-18-5-9-21(10-6-18)36-28-25-24(15-33-27(25)34-16-35-28)26(38)19-7-11-22(12-8-19)39-23-4-2-3-20(14-23)29(30,31)32/h2-4,7-8,11-12,14-16,18,21H,5-6,9-10,13H2,1H3,(H2,33,34,35,36). The lowest BCUT2D eigenvalue weighted by Gasteiger charge is -2.29. The van der Waals surface area contributed by atoms with E-state index in [1.54, 1.807) is 25.3 Å². The zero-order valence-electron chi connectivity index (χ0n) is 21.2. The Bertz CT molecular complexity index is 1490. The summed E-state index contributed by atoms with van der Waals surface area (Å²) in [5, 5.41) is 4.07. The number of halogens is 3. The molecule has 0 radical (unpaired) electrons. The zero-order chi connectivity index (χ0) is 27.6. The Morgan fingerprint density at radius 3 is 2.46 bits per heavy atom. The van der Waals surface area contributed by atoms with Crippen molar-refractivity contribution < 1.29 is 27.5 Å². The topological polar surface area (TPSA) is 97.0 Å². The number of nitrogens with one attached hydrogen (secondary N) is 2. The van der Waals surface area contributed by atoms with Gasteiger partial charge in [-0.3, -0.25) is 4.79 Å². The van der Waals surface area contributed by atoms with Crippen LogP contribution in [0.15, 0.2) is 61.1 Å². The molecule has 1 fully saturated rings. The van der Waals surface area contributed by atoms with E-state index in [4.69, 9.17) is 4.74 Å². The molecule has 1 saturated carbocycles. The minimum Gasteiger partial charge on any atom is -0.457 e. The van der Waals surface area contributed by atoms with E-state index in [0.29, 0.717) is 46.1 Å². The predicted octanol–water partition coefficient (Wildman–Crippen LogP) is 6.95. The summed E-state index contributed by atoms with van der Waals surface area (Å²) in [5.74, 6) is 1.30. The molecule has 0 unspecified atom stereocenters. The van der Waals surface area contributed by atoms with Gasteiger partial charge in [0.15, 0.2) is 5.78 Å². The normalized spacial score (nSPS) is 17.6. The molecule has 10 heteroatoms. The Balaban J connectivity index is 1.31. The Labute approximate surface area is 222 Å². The maximum Gasteiger partial charge on any atom is 0.416 e. The summed E-state index contributed by atoms with van der Waals surface area (Å²) in [6, 6.07) is 11.0. The van der Waals surface area contributed by atoms with Gasteiger partial charge in [-0.2, -0.15) is 13.2 Å². The molecule has 2 heterocycles. The number of ketones is 2. The zero-order valence-corrected chi connectivity index (χ0v) is 21.2. The fraction of sp³-hybridized carbons (Fsp3) is 0.310. The summed E-state index contributed by atoms with van der Waals surface area (Å²) < 4.78 is 44.5. The van der Waals surface area contributed by atoms with Crippen molar-refractivity contribution in [1.29, 1.82) is 0 Å². The van der Waals surface area contributed by atoms with Crippen molar-refractivity contribution in [2.75, 3.05) is 5.32 Å². The molecule has 1 aliphatic rings. The van der Waals surface area contributed by atoms with Gasteiger partial charge in [-0.1, -0.05) is 6.07 Å². The molecule has 0 atom stereocenters. The van der Waals surface area contributed by atoms with Crippen LogP contribution in [0, 0.1) is 5.92 Å². The van der Waals surface area contributed by atoms with E-state index in [1.165, 1.54) is 30.6 Å². The number of hydrogen-bond acceptors (Lipinski definition) is 6. The number of hydrogen-bond donors (Lipinski definition) is 2. The molecule has 0 saturated heterocycles. The van der Waals surface area contributed by atoms with Crippen LogP contribution in [0.5, 0.6) is 11.5 Å². The minimum absolute atomic E-state index is 0.0451. The Kier molecular flexibility index (Phi) is 7.36. The van der Waals surface area contributed by atoms with Gasteiger partial charge in [0.2, 0.25) is 0 Å². The quantitative estimate of drug-likeness (QED) is 0.237. The van der Waals surface area contributed by atoms with Gasteiger partial charge in [-0.25, -0.2) is 9.97 Å². The number of aromatic nitrogens is 3. The Hall–Kier alpha value is -4.21. The average molecular weight is 537 g/mol. The number of carbonyl (C=O) groups is 2. The second-order valence-corrected chi connectivity index (χ2v) is 9.90. The van der Waals surface area contributed by atoms with E-state index >= 15 is 0 Å². The molecule has 2 N–H and O–H groups in total. The molecule has 39 heavy (non-hydrogen) atoms. The van der Waals surface area contributed by atoms with Crippen molar-refractivity contribution >= 4 is 28.4 Å². The SMILES string of the molecule is CC(=O)CC1CCC(Nc2ncnc3[nH]cc(C(=O)c4ccc(Oc5cccc(C(F)(F)F)c5)cc4)c23)CC1. The van der Waals surface area contributed by atoms with Crippen molar-refractivity contribution in [3.05, 3.63) is 77.7 Å². The smallest absolute Gasteiger partial charge is 0.416 e. The van der Waals surface area contributed by atoms with Crippen LogP contribution in [0.25, 0.3) is 11.0 Å². The lowest BCUT2D eigenvalue weighted by Crippen LogP contribution is -2.27. The number of alkyl halides is 3. The van der Waals surface area contributed by atoms with E-state index in [-0.39, 0.29) is 23.4 Å². The summed E-state index contributed by atoms with van der Waals surface area (Å²) in [7, 11) is 0. The summed E-state index contributed by atoms with van der Waals surface area (Å²) in [4.78, 5) is 36.6. The number of fused-ring (bicyclic) bond motifs is 1. The number of aromatic amines is 1. The van der Waals surface area contributed by atoms with Crippen LogP contribution in [0.2, 0.25) is 0 Å². The minimum atomic E-state index is -4.47. The third kappa shape index (κ3) is 6.10. The summed E-state index contributed by atoms with van der Waals surface area (Å²) in [5.41, 5.74) is 0.518. The molecule has 202 valence electrons. The van der Waals surface area contributed by atoms with Gasteiger partial charge >= 0.3 is 6.18 Å². The molecular formula is C29H27F3N4O3. The molecule has 7 nitrogen and oxygen atoms in total. The molecule has 2 aromatic heterocycles. The van der Waals surface area contributed by atoms with Crippen LogP contribution in [0.3, 0.4) is 0 Å². The van der Waals surface area contributed by atoms with E-state index < -0.39 is 11.7 Å². The maximum absolute atomic E-state index is 13.4. The number of anilines is 1. The first-order valence-electron chi connectivity index (χ1n) is 12.8. The van der Waals surface area contributed by atoms with Gasteiger partial charge in [0.1, 0.15) is 35.1 Å². The largest absolute Gasteiger partial charge is 0.457 e. The number of carbonyl (C=O) groups excluding carboxylic acids is 2. The van der Waals surface area contributed by atoms with Gasteiger partial charge in [0.25, 0.3) is 0 Å². The predicted molar refractivity (Wildman–Crippen MR) is 140 cm³/mol. The molecule has 5 rings (SSSR count). The molecule has 0 aliphatic heterocycles. The van der Waals surface area contributed by atoms with Crippen LogP contribution >= 0.6 is 0 Å². The number of ether oxygens (including phenoxy) is 1. The second-order valence-electron chi connectivity index (χ2n) is 9.90. The van der Waals surface area contributed by atoms with Gasteiger partial charge in [-0.15, -0.1) is 0 Å². The lowest BCUT2D eigenvalue weighted by molar-refractivity contribution is -0.137. The van der Waals surface area contributed by atoms with Crippen LogP contribution < -0.4 is 10.1 Å². The van der Waals surface area contributed by atoms with E-state index in [9.17, 15) is 22.8 Å². The number of nitrogens with zero attached hydrogens (tertiary/aromatic N) is 2. The summed E-state index contributed by atoms with van der Waals surface area (Å²) in [6.07, 6.45) is 2.92. The van der Waals surface area contributed by atoms with E-state index in [1.807, 2.05) is 0 Å². The van der Waals surface area contributed by atoms with Crippen LogP contribution in [-0.2, 0) is 11.0 Å². The van der Waals surface area contributed by atoms with Gasteiger partial charge in [0, 0.05) is 24.2 Å². The Morgan fingerprint density at radius 1 is 1.03 bits per heavy atom. The monoisotopic (exact) mass is 536 g/mol. The fourth-order valence-corrected chi connectivity index (χ4v) is 5.06. The number of H-pyrrole nitrogens is 1. The molecule has 4 aromatic rings. The van der Waals surface area contributed by atoms with Crippen LogP contribution in [-0.4, -0.2) is 32.6 Å². The Morgan fingerprint density at radius 2 is 1.77 bits per heavy atom. The first kappa shape index (κ1) is 26.4. The molecule has 2 aromatic carbocycles. The fourth-order valence-electron chi connectivity index (χ4n) is 5.06. The van der Waals surface area contributed by atoms with Gasteiger partial charge in [0.05, 0.1) is 16.5 Å². The van der Waals surface area contributed by atoms with Crippen LogP contribution in [0.4, 0.5) is 19.0 Å². The number of benzene rings is 2.